The van der Waals surface area contributed by atoms with Crippen molar-refractivity contribution in [3.05, 3.63) is 35.6 Å². The van der Waals surface area contributed by atoms with E-state index in [-0.39, 0.29) is 5.82 Å². The molecule has 0 N–H and O–H groups in total. The first-order chi connectivity index (χ1) is 10.2. The molecule has 1 atom stereocenters. The average Bonchev–Trinajstić information content (AvgIpc) is 2.89. The maximum absolute atomic E-state index is 13.0. The molecule has 4 heteroatoms. The van der Waals surface area contributed by atoms with Crippen molar-refractivity contribution in [1.29, 1.82) is 0 Å². The van der Waals surface area contributed by atoms with Crippen molar-refractivity contribution in [3.8, 4) is 0 Å². The molecular weight excluding hydrogens is 267 g/mol. The Morgan fingerprint density at radius 3 is 2.62 bits per heavy atom. The summed E-state index contributed by atoms with van der Waals surface area (Å²) in [5.41, 5.74) is 1.15. The Morgan fingerprint density at radius 1 is 1.10 bits per heavy atom. The maximum Gasteiger partial charge on any atom is 0.222 e. The second-order valence-corrected chi connectivity index (χ2v) is 6.19. The molecule has 2 heterocycles. The number of rotatable bonds is 4. The highest BCUT2D eigenvalue weighted by Gasteiger charge is 2.28. The van der Waals surface area contributed by atoms with Crippen molar-refractivity contribution in [1.82, 2.24) is 9.80 Å². The maximum atomic E-state index is 13.0. The van der Waals surface area contributed by atoms with Gasteiger partial charge in [0.25, 0.3) is 0 Å². The summed E-state index contributed by atoms with van der Waals surface area (Å²) in [6, 6.07) is 7.23. The Balaban J connectivity index is 1.63. The first-order valence-corrected chi connectivity index (χ1v) is 7.98. The van der Waals surface area contributed by atoms with Crippen LogP contribution >= 0.6 is 0 Å². The largest absolute Gasteiger partial charge is 0.341 e. The summed E-state index contributed by atoms with van der Waals surface area (Å²) in [7, 11) is 0. The van der Waals surface area contributed by atoms with E-state index in [1.54, 1.807) is 0 Å². The monoisotopic (exact) mass is 290 g/mol. The van der Waals surface area contributed by atoms with Gasteiger partial charge in [-0.1, -0.05) is 18.6 Å². The van der Waals surface area contributed by atoms with Gasteiger partial charge >= 0.3 is 0 Å². The number of hydrogen-bond acceptors (Lipinski definition) is 2. The third kappa shape index (κ3) is 3.62. The molecule has 0 spiro atoms. The second kappa shape index (κ2) is 6.56. The minimum Gasteiger partial charge on any atom is -0.341 e. The van der Waals surface area contributed by atoms with Crippen molar-refractivity contribution < 1.29 is 9.18 Å². The Labute approximate surface area is 125 Å². The number of likely N-dealkylation sites (tertiary alicyclic amines) is 2. The molecule has 0 saturated carbocycles. The van der Waals surface area contributed by atoms with Gasteiger partial charge in [0, 0.05) is 32.1 Å². The Kier molecular flexibility index (Phi) is 4.54. The lowest BCUT2D eigenvalue weighted by atomic mass is 10.0. The summed E-state index contributed by atoms with van der Waals surface area (Å²) < 4.78 is 13.0. The predicted octanol–water partition coefficient (Wildman–Crippen LogP) is 2.80. The summed E-state index contributed by atoms with van der Waals surface area (Å²) in [6.07, 6.45) is 5.33. The fourth-order valence-corrected chi connectivity index (χ4v) is 3.45. The van der Waals surface area contributed by atoms with Crippen LogP contribution in [-0.2, 0) is 11.3 Å². The van der Waals surface area contributed by atoms with E-state index in [2.05, 4.69) is 4.90 Å². The highest BCUT2D eigenvalue weighted by molar-refractivity contribution is 5.78. The zero-order valence-electron chi connectivity index (χ0n) is 12.4. The van der Waals surface area contributed by atoms with Crippen LogP contribution in [0.15, 0.2) is 24.3 Å². The molecule has 2 saturated heterocycles. The quantitative estimate of drug-likeness (QED) is 0.851. The Hall–Kier alpha value is -1.42. The minimum absolute atomic E-state index is 0.184. The summed E-state index contributed by atoms with van der Waals surface area (Å²) >= 11 is 0. The molecule has 0 bridgehead atoms. The van der Waals surface area contributed by atoms with E-state index in [0.717, 1.165) is 44.6 Å². The molecule has 21 heavy (non-hydrogen) atoms. The first-order valence-electron chi connectivity index (χ1n) is 7.98. The van der Waals surface area contributed by atoms with E-state index >= 15 is 0 Å². The molecule has 0 radical (unpaired) electrons. The SMILES string of the molecule is O=C1CCCN1CC1CCCCN1Cc1ccc(F)cc1. The molecule has 114 valence electrons. The van der Waals surface area contributed by atoms with Gasteiger partial charge in [-0.15, -0.1) is 0 Å². The minimum atomic E-state index is -0.184. The topological polar surface area (TPSA) is 23.6 Å². The number of halogens is 1. The number of carbonyl (C=O) groups is 1. The number of carbonyl (C=O) groups excluding carboxylic acids is 1. The van der Waals surface area contributed by atoms with Gasteiger partial charge in [0.2, 0.25) is 5.91 Å². The highest BCUT2D eigenvalue weighted by Crippen LogP contribution is 2.22. The van der Waals surface area contributed by atoms with Crippen LogP contribution in [0.1, 0.15) is 37.7 Å². The predicted molar refractivity (Wildman–Crippen MR) is 80.3 cm³/mol. The van der Waals surface area contributed by atoms with Crippen molar-refractivity contribution in [3.63, 3.8) is 0 Å². The first kappa shape index (κ1) is 14.5. The molecule has 1 unspecified atom stereocenters. The lowest BCUT2D eigenvalue weighted by molar-refractivity contribution is -0.128. The molecule has 2 aliphatic rings. The Morgan fingerprint density at radius 2 is 1.90 bits per heavy atom. The molecule has 0 aromatic heterocycles. The third-order valence-corrected chi connectivity index (χ3v) is 4.65. The summed E-state index contributed by atoms with van der Waals surface area (Å²) in [5.74, 6) is 0.124. The van der Waals surface area contributed by atoms with Gasteiger partial charge in [-0.25, -0.2) is 4.39 Å². The molecule has 1 amide bonds. The van der Waals surface area contributed by atoms with Gasteiger partial charge in [-0.05, 0) is 43.5 Å². The van der Waals surface area contributed by atoms with E-state index < -0.39 is 0 Å². The van der Waals surface area contributed by atoms with Crippen LogP contribution in [0.5, 0.6) is 0 Å². The number of benzene rings is 1. The van der Waals surface area contributed by atoms with Gasteiger partial charge < -0.3 is 4.90 Å². The molecular formula is C17H23FN2O. The number of amides is 1. The van der Waals surface area contributed by atoms with Crippen LogP contribution in [0.25, 0.3) is 0 Å². The van der Waals surface area contributed by atoms with Crippen molar-refractivity contribution in [2.45, 2.75) is 44.7 Å². The van der Waals surface area contributed by atoms with Gasteiger partial charge in [-0.3, -0.25) is 9.69 Å². The molecule has 0 aliphatic carbocycles. The van der Waals surface area contributed by atoms with E-state index in [1.807, 2.05) is 17.0 Å². The van der Waals surface area contributed by atoms with E-state index in [1.165, 1.54) is 25.0 Å². The van der Waals surface area contributed by atoms with Gasteiger partial charge in [-0.2, -0.15) is 0 Å². The zero-order valence-corrected chi connectivity index (χ0v) is 12.4. The lowest BCUT2D eigenvalue weighted by Gasteiger charge is -2.38. The van der Waals surface area contributed by atoms with Crippen molar-refractivity contribution in [2.75, 3.05) is 19.6 Å². The average molecular weight is 290 g/mol. The summed E-state index contributed by atoms with van der Waals surface area (Å²) in [6.45, 7) is 3.71. The lowest BCUT2D eigenvalue weighted by Crippen LogP contribution is -2.46. The number of piperidine rings is 1. The van der Waals surface area contributed by atoms with Crippen molar-refractivity contribution >= 4 is 5.91 Å². The van der Waals surface area contributed by atoms with E-state index in [0.29, 0.717) is 18.4 Å². The van der Waals surface area contributed by atoms with Gasteiger partial charge in [0.05, 0.1) is 0 Å². The van der Waals surface area contributed by atoms with E-state index in [9.17, 15) is 9.18 Å². The number of hydrogen-bond donors (Lipinski definition) is 0. The number of nitrogens with zero attached hydrogens (tertiary/aromatic N) is 2. The molecule has 2 fully saturated rings. The van der Waals surface area contributed by atoms with E-state index in [4.69, 9.17) is 0 Å². The molecule has 3 rings (SSSR count). The second-order valence-electron chi connectivity index (χ2n) is 6.19. The van der Waals surface area contributed by atoms with Crippen LogP contribution in [0.3, 0.4) is 0 Å². The molecule has 1 aromatic rings. The third-order valence-electron chi connectivity index (χ3n) is 4.65. The molecule has 3 nitrogen and oxygen atoms in total. The van der Waals surface area contributed by atoms with Crippen LogP contribution in [0.4, 0.5) is 4.39 Å². The van der Waals surface area contributed by atoms with Crippen LogP contribution in [0, 0.1) is 5.82 Å². The van der Waals surface area contributed by atoms with Crippen LogP contribution in [0.2, 0.25) is 0 Å². The zero-order chi connectivity index (χ0) is 14.7. The van der Waals surface area contributed by atoms with Crippen LogP contribution in [-0.4, -0.2) is 41.4 Å². The highest BCUT2D eigenvalue weighted by atomic mass is 19.1. The normalized spacial score (nSPS) is 23.8. The molecule has 2 aliphatic heterocycles. The molecule has 1 aromatic carbocycles. The van der Waals surface area contributed by atoms with Gasteiger partial charge in [0.15, 0.2) is 0 Å². The van der Waals surface area contributed by atoms with Gasteiger partial charge in [0.1, 0.15) is 5.82 Å². The smallest absolute Gasteiger partial charge is 0.222 e. The Bertz CT molecular complexity index is 488. The standard InChI is InChI=1S/C17H23FN2O/c18-15-8-6-14(7-9-15)12-19-10-2-1-4-16(19)13-20-11-3-5-17(20)21/h6-9,16H,1-5,10-13H2. The fourth-order valence-electron chi connectivity index (χ4n) is 3.45. The van der Waals surface area contributed by atoms with Crippen molar-refractivity contribution in [2.24, 2.45) is 0 Å². The summed E-state index contributed by atoms with van der Waals surface area (Å²) in [5, 5.41) is 0. The van der Waals surface area contributed by atoms with Crippen LogP contribution < -0.4 is 0 Å². The summed E-state index contributed by atoms with van der Waals surface area (Å²) in [4.78, 5) is 16.3. The fraction of sp³-hybridized carbons (Fsp3) is 0.588.